The van der Waals surface area contributed by atoms with E-state index >= 15 is 0 Å². The maximum Gasteiger partial charge on any atom is 0.132 e. The van der Waals surface area contributed by atoms with Gasteiger partial charge >= 0.3 is 0 Å². The molecular formula is C17H16FN3O. The van der Waals surface area contributed by atoms with Gasteiger partial charge in [-0.15, -0.1) is 5.10 Å². The van der Waals surface area contributed by atoms with E-state index in [0.717, 1.165) is 16.8 Å². The van der Waals surface area contributed by atoms with Crippen molar-refractivity contribution in [3.8, 4) is 16.9 Å². The summed E-state index contributed by atoms with van der Waals surface area (Å²) in [4.78, 5) is 0. The molecule has 0 saturated carbocycles. The van der Waals surface area contributed by atoms with E-state index in [4.69, 9.17) is 0 Å². The number of aliphatic hydroxyl groups is 1. The molecule has 0 unspecified atom stereocenters. The molecule has 5 heteroatoms. The Morgan fingerprint density at radius 1 is 1.09 bits per heavy atom. The number of hydrogen-bond donors (Lipinski definition) is 1. The van der Waals surface area contributed by atoms with Gasteiger partial charge in [-0.05, 0) is 43.2 Å². The molecule has 0 aliphatic rings. The average molecular weight is 297 g/mol. The number of halogens is 1. The quantitative estimate of drug-likeness (QED) is 0.808. The Morgan fingerprint density at radius 3 is 2.59 bits per heavy atom. The highest BCUT2D eigenvalue weighted by atomic mass is 19.1. The Kier molecular flexibility index (Phi) is 3.73. The predicted octanol–water partition coefficient (Wildman–Crippen LogP) is 3.18. The number of rotatable bonds is 3. The van der Waals surface area contributed by atoms with Crippen molar-refractivity contribution in [2.45, 2.75) is 20.5 Å². The molecule has 0 aliphatic heterocycles. The number of hydrogen-bond acceptors (Lipinski definition) is 3. The standard InChI is InChI=1S/C17H16FN3O/c1-11-6-5-9-16(12(11)2)21-17(15(10-22)19-20-21)13-7-3-4-8-14(13)18/h3-9,22H,10H2,1-2H3. The van der Waals surface area contributed by atoms with E-state index < -0.39 is 0 Å². The summed E-state index contributed by atoms with van der Waals surface area (Å²) in [5.41, 5.74) is 4.18. The van der Waals surface area contributed by atoms with Gasteiger partial charge in [-0.2, -0.15) is 0 Å². The minimum Gasteiger partial charge on any atom is -0.390 e. The minimum atomic E-state index is -0.369. The maximum atomic E-state index is 14.2. The number of aromatic nitrogens is 3. The van der Waals surface area contributed by atoms with E-state index in [1.165, 1.54) is 6.07 Å². The van der Waals surface area contributed by atoms with E-state index in [9.17, 15) is 9.50 Å². The summed E-state index contributed by atoms with van der Waals surface area (Å²) in [7, 11) is 0. The van der Waals surface area contributed by atoms with Gasteiger partial charge in [0.05, 0.1) is 12.3 Å². The third-order valence-corrected chi connectivity index (χ3v) is 3.82. The highest BCUT2D eigenvalue weighted by Gasteiger charge is 2.19. The molecule has 1 aromatic heterocycles. The third-order valence-electron chi connectivity index (χ3n) is 3.82. The summed E-state index contributed by atoms with van der Waals surface area (Å²) in [5, 5.41) is 17.6. The first kappa shape index (κ1) is 14.4. The zero-order valence-electron chi connectivity index (χ0n) is 12.4. The lowest BCUT2D eigenvalue weighted by Crippen LogP contribution is -2.04. The first-order valence-electron chi connectivity index (χ1n) is 7.00. The van der Waals surface area contributed by atoms with Crippen molar-refractivity contribution < 1.29 is 9.50 Å². The topological polar surface area (TPSA) is 50.9 Å². The minimum absolute atomic E-state index is 0.297. The van der Waals surface area contributed by atoms with Crippen molar-refractivity contribution in [1.82, 2.24) is 15.0 Å². The lowest BCUT2D eigenvalue weighted by molar-refractivity contribution is 0.277. The van der Waals surface area contributed by atoms with Gasteiger partial charge in [-0.3, -0.25) is 0 Å². The van der Waals surface area contributed by atoms with Crippen LogP contribution in [0.5, 0.6) is 0 Å². The van der Waals surface area contributed by atoms with E-state index in [-0.39, 0.29) is 12.4 Å². The monoisotopic (exact) mass is 297 g/mol. The lowest BCUT2D eigenvalue weighted by Gasteiger charge is -2.12. The molecule has 1 N–H and O–H groups in total. The third kappa shape index (κ3) is 2.29. The highest BCUT2D eigenvalue weighted by molar-refractivity contribution is 5.65. The first-order valence-corrected chi connectivity index (χ1v) is 7.00. The van der Waals surface area contributed by atoms with Crippen molar-refractivity contribution in [3.05, 3.63) is 65.1 Å². The number of benzene rings is 2. The molecule has 0 aliphatic carbocycles. The van der Waals surface area contributed by atoms with Crippen LogP contribution in [0.2, 0.25) is 0 Å². The van der Waals surface area contributed by atoms with Crippen molar-refractivity contribution >= 4 is 0 Å². The normalized spacial score (nSPS) is 10.9. The van der Waals surface area contributed by atoms with E-state index in [1.54, 1.807) is 22.9 Å². The summed E-state index contributed by atoms with van der Waals surface area (Å²) in [6.45, 7) is 3.69. The average Bonchev–Trinajstić information content (AvgIpc) is 2.94. The largest absolute Gasteiger partial charge is 0.390 e. The van der Waals surface area contributed by atoms with Gasteiger partial charge in [0.2, 0.25) is 0 Å². The van der Waals surface area contributed by atoms with Gasteiger partial charge in [0.15, 0.2) is 0 Å². The molecule has 0 amide bonds. The second kappa shape index (κ2) is 5.69. The van der Waals surface area contributed by atoms with Crippen LogP contribution in [0.15, 0.2) is 42.5 Å². The summed E-state index contributed by atoms with van der Waals surface area (Å²) < 4.78 is 15.8. The number of aliphatic hydroxyl groups excluding tert-OH is 1. The Hall–Kier alpha value is -2.53. The Bertz CT molecular complexity index is 827. The number of aryl methyl sites for hydroxylation is 1. The van der Waals surface area contributed by atoms with Gasteiger partial charge in [-0.25, -0.2) is 9.07 Å². The second-order valence-electron chi connectivity index (χ2n) is 5.15. The molecule has 3 rings (SSSR count). The molecule has 0 atom stereocenters. The molecule has 0 radical (unpaired) electrons. The van der Waals surface area contributed by atoms with Gasteiger partial charge in [-0.1, -0.05) is 29.5 Å². The van der Waals surface area contributed by atoms with Crippen LogP contribution in [-0.4, -0.2) is 20.1 Å². The molecule has 0 spiro atoms. The van der Waals surface area contributed by atoms with E-state index in [2.05, 4.69) is 10.3 Å². The number of nitrogens with zero attached hydrogens (tertiary/aromatic N) is 3. The zero-order chi connectivity index (χ0) is 15.7. The van der Waals surface area contributed by atoms with Crippen LogP contribution in [0.4, 0.5) is 4.39 Å². The smallest absolute Gasteiger partial charge is 0.132 e. The summed E-state index contributed by atoms with van der Waals surface area (Å²) >= 11 is 0. The van der Waals surface area contributed by atoms with Crippen LogP contribution in [0, 0.1) is 19.7 Å². The fraction of sp³-hybridized carbons (Fsp3) is 0.176. The molecule has 0 bridgehead atoms. The van der Waals surface area contributed by atoms with Crippen LogP contribution < -0.4 is 0 Å². The molecule has 2 aromatic carbocycles. The summed E-state index contributed by atoms with van der Waals surface area (Å²) in [5.74, 6) is -0.369. The zero-order valence-corrected chi connectivity index (χ0v) is 12.4. The van der Waals surface area contributed by atoms with Crippen LogP contribution in [0.25, 0.3) is 16.9 Å². The highest BCUT2D eigenvalue weighted by Crippen LogP contribution is 2.29. The van der Waals surface area contributed by atoms with Gasteiger partial charge < -0.3 is 5.11 Å². The molecule has 1 heterocycles. The van der Waals surface area contributed by atoms with Crippen molar-refractivity contribution in [3.63, 3.8) is 0 Å². The van der Waals surface area contributed by atoms with Crippen LogP contribution >= 0.6 is 0 Å². The molecule has 22 heavy (non-hydrogen) atoms. The lowest BCUT2D eigenvalue weighted by atomic mass is 10.1. The van der Waals surface area contributed by atoms with E-state index in [0.29, 0.717) is 17.0 Å². The van der Waals surface area contributed by atoms with Crippen molar-refractivity contribution in [2.24, 2.45) is 0 Å². The molecule has 3 aromatic rings. The Morgan fingerprint density at radius 2 is 1.86 bits per heavy atom. The predicted molar refractivity (Wildman–Crippen MR) is 82.1 cm³/mol. The maximum absolute atomic E-state index is 14.2. The van der Waals surface area contributed by atoms with Crippen molar-refractivity contribution in [1.29, 1.82) is 0 Å². The molecular weight excluding hydrogens is 281 g/mol. The van der Waals surface area contributed by atoms with E-state index in [1.807, 2.05) is 32.0 Å². The fourth-order valence-electron chi connectivity index (χ4n) is 2.48. The fourth-order valence-corrected chi connectivity index (χ4v) is 2.48. The SMILES string of the molecule is Cc1cccc(-n2nnc(CO)c2-c2ccccc2F)c1C. The van der Waals surface area contributed by atoms with Gasteiger partial charge in [0.1, 0.15) is 17.2 Å². The first-order chi connectivity index (χ1) is 10.6. The molecule has 0 fully saturated rings. The molecule has 4 nitrogen and oxygen atoms in total. The molecule has 0 saturated heterocycles. The molecule has 112 valence electrons. The Balaban J connectivity index is 2.29. The van der Waals surface area contributed by atoms with Crippen LogP contribution in [-0.2, 0) is 6.61 Å². The Labute approximate surface area is 127 Å². The van der Waals surface area contributed by atoms with Crippen LogP contribution in [0.3, 0.4) is 0 Å². The van der Waals surface area contributed by atoms with Crippen molar-refractivity contribution in [2.75, 3.05) is 0 Å². The summed E-state index contributed by atoms with van der Waals surface area (Å²) in [6, 6.07) is 12.3. The summed E-state index contributed by atoms with van der Waals surface area (Å²) in [6.07, 6.45) is 0. The van der Waals surface area contributed by atoms with Gasteiger partial charge in [0, 0.05) is 5.56 Å². The van der Waals surface area contributed by atoms with Gasteiger partial charge in [0.25, 0.3) is 0 Å². The second-order valence-corrected chi connectivity index (χ2v) is 5.15. The van der Waals surface area contributed by atoms with Crippen LogP contribution in [0.1, 0.15) is 16.8 Å².